The molecule has 6 heteroatoms. The van der Waals surface area contributed by atoms with Crippen molar-refractivity contribution in [2.45, 2.75) is 51.9 Å². The molecular formula is C15H20BFN2O2. The van der Waals surface area contributed by atoms with E-state index in [1.165, 1.54) is 6.08 Å². The predicted molar refractivity (Wildman–Crippen MR) is 80.8 cm³/mol. The van der Waals surface area contributed by atoms with Crippen molar-refractivity contribution in [3.05, 3.63) is 23.7 Å². The third kappa shape index (κ3) is 3.37. The zero-order valence-corrected chi connectivity index (χ0v) is 12.9. The van der Waals surface area contributed by atoms with E-state index in [1.54, 1.807) is 17.1 Å². The van der Waals surface area contributed by atoms with E-state index in [-0.39, 0.29) is 0 Å². The van der Waals surface area contributed by atoms with E-state index < -0.39 is 24.0 Å². The summed E-state index contributed by atoms with van der Waals surface area (Å²) in [5.74, 6) is 2.54. The minimum absolute atomic E-state index is 0.467. The number of aryl methyl sites for hydroxylation is 1. The van der Waals surface area contributed by atoms with Gasteiger partial charge in [-0.05, 0) is 33.8 Å². The van der Waals surface area contributed by atoms with Gasteiger partial charge in [-0.25, -0.2) is 4.39 Å². The van der Waals surface area contributed by atoms with Gasteiger partial charge in [0, 0.05) is 18.2 Å². The molecular weight excluding hydrogens is 270 g/mol. The fraction of sp³-hybridized carbons (Fsp3) is 0.533. The number of terminal acetylenes is 1. The van der Waals surface area contributed by atoms with Gasteiger partial charge in [-0.1, -0.05) is 0 Å². The summed E-state index contributed by atoms with van der Waals surface area (Å²) in [6, 6.07) is 0. The molecule has 0 N–H and O–H groups in total. The van der Waals surface area contributed by atoms with Crippen molar-refractivity contribution in [3.63, 3.8) is 0 Å². The van der Waals surface area contributed by atoms with Gasteiger partial charge in [0.05, 0.1) is 23.9 Å². The van der Waals surface area contributed by atoms with Gasteiger partial charge in [-0.15, -0.1) is 12.3 Å². The van der Waals surface area contributed by atoms with E-state index in [1.807, 2.05) is 27.7 Å². The van der Waals surface area contributed by atoms with Gasteiger partial charge in [0.2, 0.25) is 0 Å². The Labute approximate surface area is 125 Å². The summed E-state index contributed by atoms with van der Waals surface area (Å²) in [5, 5.41) is 4.12. The number of hydrogen-bond acceptors (Lipinski definition) is 3. The Bertz CT molecular complexity index is 571. The molecule has 1 aliphatic heterocycles. The average Bonchev–Trinajstić information content (AvgIpc) is 2.90. The highest BCUT2D eigenvalue weighted by Crippen LogP contribution is 2.38. The Morgan fingerprint density at radius 3 is 2.62 bits per heavy atom. The number of hydrogen-bond donors (Lipinski definition) is 0. The lowest BCUT2D eigenvalue weighted by Gasteiger charge is -2.32. The Balaban J connectivity index is 2.08. The molecule has 1 fully saturated rings. The molecule has 1 aromatic rings. The first-order valence-corrected chi connectivity index (χ1v) is 6.94. The zero-order valence-electron chi connectivity index (χ0n) is 12.9. The number of aromatic nitrogens is 2. The minimum atomic E-state index is -0.982. The van der Waals surface area contributed by atoms with Crippen LogP contribution in [0.3, 0.4) is 0 Å². The van der Waals surface area contributed by atoms with Crippen molar-refractivity contribution in [1.29, 1.82) is 0 Å². The quantitative estimate of drug-likeness (QED) is 0.632. The third-order valence-corrected chi connectivity index (χ3v) is 3.92. The lowest BCUT2D eigenvalue weighted by Crippen LogP contribution is -2.41. The van der Waals surface area contributed by atoms with Gasteiger partial charge >= 0.3 is 7.12 Å². The molecule has 4 nitrogen and oxygen atoms in total. The summed E-state index contributed by atoms with van der Waals surface area (Å²) in [7, 11) is -0.982. The lowest BCUT2D eigenvalue weighted by atomic mass is 9.87. The molecule has 0 unspecified atom stereocenters. The Morgan fingerprint density at radius 1 is 1.43 bits per heavy atom. The molecule has 0 aromatic carbocycles. The molecule has 1 aromatic heterocycles. The van der Waals surface area contributed by atoms with Crippen LogP contribution in [-0.4, -0.2) is 28.1 Å². The fourth-order valence-electron chi connectivity index (χ4n) is 1.94. The standard InChI is InChI=1S/C15H20BFN2O2/c1-6-7-8-19-11-12(10-18-19)9-13(17)16-20-14(2,3)15(4,5)21-16/h1,9-11H,7-8H2,2-5H3. The van der Waals surface area contributed by atoms with Crippen molar-refractivity contribution in [3.8, 4) is 12.3 Å². The summed E-state index contributed by atoms with van der Waals surface area (Å²) in [6.07, 6.45) is 10.5. The van der Waals surface area contributed by atoms with E-state index in [4.69, 9.17) is 15.7 Å². The number of nitrogens with zero attached hydrogens (tertiary/aromatic N) is 2. The molecule has 112 valence electrons. The molecule has 2 rings (SSSR count). The van der Waals surface area contributed by atoms with Crippen LogP contribution >= 0.6 is 0 Å². The highest BCUT2D eigenvalue weighted by atomic mass is 19.1. The fourth-order valence-corrected chi connectivity index (χ4v) is 1.94. The van der Waals surface area contributed by atoms with Gasteiger partial charge in [0.25, 0.3) is 0 Å². The first-order valence-electron chi connectivity index (χ1n) is 6.94. The second-order valence-corrected chi connectivity index (χ2v) is 6.11. The Hall–Kier alpha value is -1.58. The van der Waals surface area contributed by atoms with Crippen LogP contribution in [0, 0.1) is 12.3 Å². The minimum Gasteiger partial charge on any atom is -0.398 e. The van der Waals surface area contributed by atoms with Gasteiger partial charge in [0.1, 0.15) is 5.73 Å². The van der Waals surface area contributed by atoms with Crippen LogP contribution in [0.25, 0.3) is 6.08 Å². The number of rotatable bonds is 4. The first-order chi connectivity index (χ1) is 9.75. The Morgan fingerprint density at radius 2 is 2.05 bits per heavy atom. The summed E-state index contributed by atoms with van der Waals surface area (Å²) in [6.45, 7) is 8.16. The maximum absolute atomic E-state index is 14.3. The van der Waals surface area contributed by atoms with E-state index in [0.29, 0.717) is 18.5 Å². The second kappa shape index (κ2) is 5.66. The van der Waals surface area contributed by atoms with Crippen LogP contribution in [0.4, 0.5) is 4.39 Å². The van der Waals surface area contributed by atoms with Crippen molar-refractivity contribution in [2.24, 2.45) is 0 Å². The van der Waals surface area contributed by atoms with Crippen molar-refractivity contribution < 1.29 is 13.7 Å². The molecule has 0 aliphatic carbocycles. The molecule has 0 spiro atoms. The van der Waals surface area contributed by atoms with Gasteiger partial charge in [-0.2, -0.15) is 5.10 Å². The molecule has 21 heavy (non-hydrogen) atoms. The highest BCUT2D eigenvalue weighted by molar-refractivity contribution is 6.54. The maximum atomic E-state index is 14.3. The van der Waals surface area contributed by atoms with Crippen LogP contribution in [-0.2, 0) is 15.9 Å². The predicted octanol–water partition coefficient (Wildman–Crippen LogP) is 2.85. The molecule has 0 radical (unpaired) electrons. The van der Waals surface area contributed by atoms with Crippen LogP contribution < -0.4 is 0 Å². The normalized spacial score (nSPS) is 20.6. The third-order valence-electron chi connectivity index (χ3n) is 3.92. The van der Waals surface area contributed by atoms with Crippen LogP contribution in [0.15, 0.2) is 18.1 Å². The molecule has 0 amide bonds. The largest absolute Gasteiger partial charge is 0.525 e. The van der Waals surface area contributed by atoms with Crippen LogP contribution in [0.1, 0.15) is 39.7 Å². The molecule has 2 heterocycles. The topological polar surface area (TPSA) is 36.3 Å². The van der Waals surface area contributed by atoms with Crippen molar-refractivity contribution in [1.82, 2.24) is 9.78 Å². The summed E-state index contributed by atoms with van der Waals surface area (Å²) >= 11 is 0. The van der Waals surface area contributed by atoms with E-state index >= 15 is 0 Å². The van der Waals surface area contributed by atoms with Crippen LogP contribution in [0.2, 0.25) is 0 Å². The van der Waals surface area contributed by atoms with Crippen molar-refractivity contribution >= 4 is 13.2 Å². The second-order valence-electron chi connectivity index (χ2n) is 6.11. The average molecular weight is 290 g/mol. The first kappa shape index (κ1) is 15.8. The van der Waals surface area contributed by atoms with E-state index in [0.717, 1.165) is 0 Å². The number of halogens is 1. The monoisotopic (exact) mass is 290 g/mol. The van der Waals surface area contributed by atoms with Crippen molar-refractivity contribution in [2.75, 3.05) is 0 Å². The molecule has 1 aliphatic rings. The molecule has 0 atom stereocenters. The molecule has 0 saturated carbocycles. The van der Waals surface area contributed by atoms with Crippen LogP contribution in [0.5, 0.6) is 0 Å². The van der Waals surface area contributed by atoms with Gasteiger partial charge in [-0.3, -0.25) is 4.68 Å². The highest BCUT2D eigenvalue weighted by Gasteiger charge is 2.53. The van der Waals surface area contributed by atoms with Gasteiger partial charge < -0.3 is 9.31 Å². The summed E-state index contributed by atoms with van der Waals surface area (Å²) < 4.78 is 27.3. The van der Waals surface area contributed by atoms with E-state index in [2.05, 4.69) is 11.0 Å². The SMILES string of the molecule is C#CCCn1cc(C=C(F)B2OC(C)(C)C(C)(C)O2)cn1. The maximum Gasteiger partial charge on any atom is 0.525 e. The lowest BCUT2D eigenvalue weighted by molar-refractivity contribution is 0.00578. The zero-order chi connectivity index (χ0) is 15.7. The Kier molecular flexibility index (Phi) is 4.26. The summed E-state index contributed by atoms with van der Waals surface area (Å²) in [5.41, 5.74) is -0.927. The van der Waals surface area contributed by atoms with E-state index in [9.17, 15) is 4.39 Å². The van der Waals surface area contributed by atoms with Gasteiger partial charge in [0.15, 0.2) is 0 Å². The molecule has 0 bridgehead atoms. The summed E-state index contributed by atoms with van der Waals surface area (Å²) in [4.78, 5) is 0. The smallest absolute Gasteiger partial charge is 0.398 e. The molecule has 1 saturated heterocycles.